The molecule has 0 heterocycles. The summed E-state index contributed by atoms with van der Waals surface area (Å²) in [6, 6.07) is 176. The summed E-state index contributed by atoms with van der Waals surface area (Å²) in [6.07, 6.45) is 0. The van der Waals surface area contributed by atoms with Crippen LogP contribution in [0.1, 0.15) is 99.9 Å². The third-order valence-electron chi connectivity index (χ3n) is 30.2. The number of rotatable bonds is 15. The van der Waals surface area contributed by atoms with Gasteiger partial charge in [0, 0.05) is 55.5 Å². The molecule has 0 aliphatic heterocycles. The van der Waals surface area contributed by atoms with Crippen LogP contribution in [0.15, 0.2) is 473 Å². The zero-order valence-electron chi connectivity index (χ0n) is 77.9. The van der Waals surface area contributed by atoms with Gasteiger partial charge in [-0.2, -0.15) is 0 Å². The monoisotopic (exact) mass is 1740 g/mol. The first-order chi connectivity index (χ1) is 66.4. The highest BCUT2D eigenvalue weighted by Crippen LogP contribution is 2.59. The van der Waals surface area contributed by atoms with Crippen molar-refractivity contribution in [1.29, 1.82) is 0 Å². The molecule has 2 nitrogen and oxygen atoms in total. The second kappa shape index (κ2) is 32.9. The lowest BCUT2D eigenvalue weighted by atomic mass is 9.81. The van der Waals surface area contributed by atoms with E-state index in [1.807, 2.05) is 0 Å². The molecule has 21 aromatic rings. The minimum atomic E-state index is -0.223. The van der Waals surface area contributed by atoms with Crippen molar-refractivity contribution in [3.63, 3.8) is 0 Å². The molecule has 136 heavy (non-hydrogen) atoms. The Morgan fingerprint density at radius 1 is 0.132 bits per heavy atom. The Morgan fingerprint density at radius 2 is 0.316 bits per heavy atom. The molecular weight excluding hydrogens is 1640 g/mol. The van der Waals surface area contributed by atoms with Crippen LogP contribution in [0, 0.1) is 0 Å². The van der Waals surface area contributed by atoms with Crippen LogP contribution in [0.25, 0.3) is 166 Å². The van der Waals surface area contributed by atoms with E-state index in [2.05, 4.69) is 538 Å². The van der Waals surface area contributed by atoms with E-state index in [4.69, 9.17) is 0 Å². The van der Waals surface area contributed by atoms with E-state index in [1.165, 1.54) is 216 Å². The molecule has 0 saturated carbocycles. The van der Waals surface area contributed by atoms with Crippen molar-refractivity contribution in [3.8, 4) is 145 Å². The van der Waals surface area contributed by atoms with Gasteiger partial charge in [-0.3, -0.25) is 0 Å². The first kappa shape index (κ1) is 82.9. The maximum atomic E-state index is 2.53. The molecule has 4 aliphatic carbocycles. The molecular formula is C134H102N2. The molecule has 4 aliphatic rings. The number of nitrogens with zero attached hydrogens (tertiary/aromatic N) is 2. The van der Waals surface area contributed by atoms with Crippen LogP contribution >= 0.6 is 0 Å². The van der Waals surface area contributed by atoms with E-state index in [0.717, 1.165) is 28.4 Å². The Balaban J connectivity index is 0.000000149. The minimum Gasteiger partial charge on any atom is -0.310 e. The van der Waals surface area contributed by atoms with Crippen molar-refractivity contribution in [2.24, 2.45) is 0 Å². The van der Waals surface area contributed by atoms with Gasteiger partial charge in [0.1, 0.15) is 0 Å². The van der Waals surface area contributed by atoms with Crippen molar-refractivity contribution < 1.29 is 0 Å². The maximum absolute atomic E-state index is 2.53. The van der Waals surface area contributed by atoms with Crippen LogP contribution in [-0.4, -0.2) is 0 Å². The van der Waals surface area contributed by atoms with Gasteiger partial charge in [0.15, 0.2) is 0 Å². The summed E-state index contributed by atoms with van der Waals surface area (Å²) >= 11 is 0. The molecule has 0 amide bonds. The fourth-order valence-corrected chi connectivity index (χ4v) is 22.6. The summed E-state index contributed by atoms with van der Waals surface area (Å²) in [7, 11) is 0. The van der Waals surface area contributed by atoms with E-state index < -0.39 is 0 Å². The molecule has 0 bridgehead atoms. The molecule has 0 N–H and O–H groups in total. The lowest BCUT2D eigenvalue weighted by molar-refractivity contribution is 0.660. The van der Waals surface area contributed by atoms with Gasteiger partial charge in [-0.25, -0.2) is 0 Å². The molecule has 0 aromatic heterocycles. The zero-order chi connectivity index (χ0) is 91.7. The van der Waals surface area contributed by atoms with Gasteiger partial charge in [0.25, 0.3) is 0 Å². The third kappa shape index (κ3) is 14.2. The topological polar surface area (TPSA) is 6.48 Å². The first-order valence-corrected chi connectivity index (χ1v) is 47.9. The Labute approximate surface area is 799 Å². The average molecular weight is 1740 g/mol. The van der Waals surface area contributed by atoms with Crippen LogP contribution in [0.4, 0.5) is 34.1 Å². The molecule has 0 unspecified atom stereocenters. The van der Waals surface area contributed by atoms with Gasteiger partial charge >= 0.3 is 0 Å². The summed E-state index contributed by atoms with van der Waals surface area (Å²) in [5.41, 5.74) is 49.6. The van der Waals surface area contributed by atoms with Gasteiger partial charge in [0.05, 0.1) is 5.69 Å². The van der Waals surface area contributed by atoms with E-state index in [1.54, 1.807) is 0 Å². The predicted molar refractivity (Wildman–Crippen MR) is 576 cm³/mol. The smallest absolute Gasteiger partial charge is 0.0546 e. The Kier molecular flexibility index (Phi) is 20.0. The molecule has 0 radical (unpaired) electrons. The standard InChI is InChI=1S/C68H51N.C66H51N/c1-67(2)62-39-50(48-27-23-46(24-28-48)44-15-7-5-8-16-44)31-35-57(62)59-37-33-53(42-64(59)67)69(66-41-52-19-11-12-20-55(52)56-21-13-14-22-61(56)66)54-34-38-60-58-36-32-51(40-63(58)68(3,4)65(60)43-54)49-29-25-47(26-30-49)45-17-9-6-10-18-45;1-65(2)61-40-52(50-24-20-47(21-25-50)44-14-8-5-9-15-44)30-36-57(61)59-38-34-55(42-63(59)65)67(54-32-28-49(29-33-54)46-18-12-7-13-19-46)56-35-39-60-58-37-31-53(41-62(58)66(3,4)64(60)43-56)51-26-22-48(23-27-51)45-16-10-6-11-17-45/h5-43H,1-4H3;5-43H,1-4H3. The molecule has 648 valence electrons. The lowest BCUT2D eigenvalue weighted by Crippen LogP contribution is -2.18. The van der Waals surface area contributed by atoms with Crippen LogP contribution in [-0.2, 0) is 21.7 Å². The molecule has 0 atom stereocenters. The highest BCUT2D eigenvalue weighted by Gasteiger charge is 2.42. The SMILES string of the molecule is CC1(C)c2cc(-c3ccc(-c4ccccc4)cc3)ccc2-c2ccc(N(c3ccc(-c4ccccc4)cc3)c3ccc4c(c3)C(C)(C)c3cc(-c5ccc(-c6ccccc6)cc5)ccc3-4)cc21.CC1(C)c2cc(-c3ccc(-c4ccccc4)cc3)ccc2-c2ccc(N(c3ccc4c(c3)C(C)(C)c3cc(-c5ccc(-c6ccccc6)cc5)ccc3-4)c3cc4ccccc4c4ccccc34)cc21. The van der Waals surface area contributed by atoms with E-state index >= 15 is 0 Å². The molecule has 2 heteroatoms. The summed E-state index contributed by atoms with van der Waals surface area (Å²) in [6.45, 7) is 19.2. The van der Waals surface area contributed by atoms with Gasteiger partial charge in [-0.1, -0.05) is 438 Å². The zero-order valence-corrected chi connectivity index (χ0v) is 77.9. The van der Waals surface area contributed by atoms with E-state index in [0.29, 0.717) is 0 Å². The third-order valence-corrected chi connectivity index (χ3v) is 30.2. The van der Waals surface area contributed by atoms with Crippen LogP contribution < -0.4 is 9.80 Å². The number of anilines is 6. The fraction of sp³-hybridized carbons (Fsp3) is 0.0896. The summed E-state index contributed by atoms with van der Waals surface area (Å²) in [5.74, 6) is 0. The fourth-order valence-electron chi connectivity index (χ4n) is 22.6. The second-order valence-electron chi connectivity index (χ2n) is 39.5. The molecule has 21 aromatic carbocycles. The maximum Gasteiger partial charge on any atom is 0.0546 e. The van der Waals surface area contributed by atoms with Crippen molar-refractivity contribution >= 4 is 55.7 Å². The second-order valence-corrected chi connectivity index (χ2v) is 39.5. The van der Waals surface area contributed by atoms with E-state index in [9.17, 15) is 0 Å². The number of fused-ring (bicyclic) bond motifs is 15. The quantitative estimate of drug-likeness (QED) is 0.0944. The predicted octanol–water partition coefficient (Wildman–Crippen LogP) is 36.8. The van der Waals surface area contributed by atoms with Crippen molar-refractivity contribution in [2.75, 3.05) is 9.80 Å². The first-order valence-electron chi connectivity index (χ1n) is 47.9. The Hall–Kier alpha value is -16.3. The van der Waals surface area contributed by atoms with Crippen LogP contribution in [0.2, 0.25) is 0 Å². The molecule has 25 rings (SSSR count). The largest absolute Gasteiger partial charge is 0.310 e. The van der Waals surface area contributed by atoms with Gasteiger partial charge < -0.3 is 9.80 Å². The molecule has 0 saturated heterocycles. The average Bonchev–Trinajstić information content (AvgIpc) is 1.52. The number of hydrogen-bond donors (Lipinski definition) is 0. The van der Waals surface area contributed by atoms with Crippen LogP contribution in [0.3, 0.4) is 0 Å². The summed E-state index contributed by atoms with van der Waals surface area (Å²) in [4.78, 5) is 5.00. The highest BCUT2D eigenvalue weighted by atomic mass is 15.2. The van der Waals surface area contributed by atoms with E-state index in [-0.39, 0.29) is 21.7 Å². The van der Waals surface area contributed by atoms with Gasteiger partial charge in [0.2, 0.25) is 0 Å². The van der Waals surface area contributed by atoms with Gasteiger partial charge in [-0.15, -0.1) is 0 Å². The lowest BCUT2D eigenvalue weighted by Gasteiger charge is -2.31. The highest BCUT2D eigenvalue weighted by molar-refractivity contribution is 6.15. The Bertz CT molecular complexity index is 7840. The van der Waals surface area contributed by atoms with Gasteiger partial charge in [-0.05, 0) is 296 Å². The molecule has 0 spiro atoms. The summed E-state index contributed by atoms with van der Waals surface area (Å²) < 4.78 is 0. The number of benzene rings is 21. The summed E-state index contributed by atoms with van der Waals surface area (Å²) in [5, 5.41) is 4.98. The van der Waals surface area contributed by atoms with Crippen molar-refractivity contribution in [3.05, 3.63) is 518 Å². The van der Waals surface area contributed by atoms with Crippen molar-refractivity contribution in [1.82, 2.24) is 0 Å². The Morgan fingerprint density at radius 3 is 0.588 bits per heavy atom. The minimum absolute atomic E-state index is 0.204. The van der Waals surface area contributed by atoms with Crippen LogP contribution in [0.5, 0.6) is 0 Å². The molecule has 0 fully saturated rings. The number of hydrogen-bond acceptors (Lipinski definition) is 2. The van der Waals surface area contributed by atoms with Crippen molar-refractivity contribution in [2.45, 2.75) is 77.0 Å². The normalized spacial score (nSPS) is 13.7.